The first-order valence-electron chi connectivity index (χ1n) is 12.9. The summed E-state index contributed by atoms with van der Waals surface area (Å²) in [5.74, 6) is -6.00. The Kier molecular flexibility index (Phi) is 6.99. The van der Waals surface area contributed by atoms with Crippen LogP contribution in [-0.4, -0.2) is 80.1 Å². The SMILES string of the molecule is COc1cc(C=C[C@H]2C3=CC[C@@H]4C(=O)N(CCCC(=O)O)C(=O)[C@@H]4[C@@H]3C[C@@]3(Cl)C(=O)N(C)C(=O)[C@@]23Cl)ccc1O. The molecule has 2 aliphatic heterocycles. The summed E-state index contributed by atoms with van der Waals surface area (Å²) in [7, 11) is 2.73. The number of carbonyl (C=O) groups excluding carboxylic acids is 4. The Labute approximate surface area is 240 Å². The maximum absolute atomic E-state index is 13.6. The van der Waals surface area contributed by atoms with E-state index in [1.165, 1.54) is 20.2 Å². The summed E-state index contributed by atoms with van der Waals surface area (Å²) in [5, 5.41) is 18.9. The first-order chi connectivity index (χ1) is 18.9. The van der Waals surface area contributed by atoms with Gasteiger partial charge >= 0.3 is 5.97 Å². The Morgan fingerprint density at radius 2 is 1.88 bits per heavy atom. The summed E-state index contributed by atoms with van der Waals surface area (Å²) < 4.78 is 5.18. The number of nitrogens with zero attached hydrogens (tertiary/aromatic N) is 2. The largest absolute Gasteiger partial charge is 0.504 e. The average Bonchev–Trinajstić information content (AvgIpc) is 3.23. The number of aliphatic carboxylic acids is 1. The quantitative estimate of drug-likeness (QED) is 0.280. The third-order valence-corrected chi connectivity index (χ3v) is 10.0. The summed E-state index contributed by atoms with van der Waals surface area (Å²) in [6.45, 7) is -0.0172. The fraction of sp³-hybridized carbons (Fsp3) is 0.464. The molecule has 0 radical (unpaired) electrons. The van der Waals surface area contributed by atoms with Crippen LogP contribution in [0.4, 0.5) is 0 Å². The van der Waals surface area contributed by atoms with Crippen molar-refractivity contribution in [3.05, 3.63) is 41.5 Å². The van der Waals surface area contributed by atoms with Crippen molar-refractivity contribution < 1.29 is 38.9 Å². The molecule has 0 bridgehead atoms. The van der Waals surface area contributed by atoms with E-state index in [0.717, 1.165) is 9.80 Å². The van der Waals surface area contributed by atoms with Crippen LogP contribution in [0.3, 0.4) is 0 Å². The second kappa shape index (κ2) is 9.92. The first kappa shape index (κ1) is 28.2. The van der Waals surface area contributed by atoms with Gasteiger partial charge in [0, 0.05) is 25.9 Å². The minimum atomic E-state index is -1.88. The van der Waals surface area contributed by atoms with Gasteiger partial charge in [0.15, 0.2) is 21.2 Å². The number of allylic oxidation sites excluding steroid dienone is 3. The van der Waals surface area contributed by atoms with E-state index in [1.807, 2.05) is 6.08 Å². The molecule has 0 aromatic heterocycles. The molecule has 40 heavy (non-hydrogen) atoms. The minimum Gasteiger partial charge on any atom is -0.504 e. The molecule has 5 rings (SSSR count). The van der Waals surface area contributed by atoms with Crippen LogP contribution < -0.4 is 4.74 Å². The second-order valence-electron chi connectivity index (χ2n) is 10.7. The predicted molar refractivity (Wildman–Crippen MR) is 144 cm³/mol. The molecule has 4 aliphatic rings. The molecule has 1 aromatic rings. The van der Waals surface area contributed by atoms with Gasteiger partial charge in [0.05, 0.1) is 18.9 Å². The number of rotatable bonds is 7. The molecule has 1 aromatic carbocycles. The number of amides is 4. The number of carboxylic acid groups (broad SMARTS) is 1. The lowest BCUT2D eigenvalue weighted by atomic mass is 9.57. The fourth-order valence-electron chi connectivity index (χ4n) is 6.67. The van der Waals surface area contributed by atoms with E-state index < -0.39 is 57.1 Å². The topological polar surface area (TPSA) is 142 Å². The number of hydrogen-bond acceptors (Lipinski definition) is 7. The van der Waals surface area contributed by atoms with Crippen molar-refractivity contribution in [1.29, 1.82) is 0 Å². The van der Waals surface area contributed by atoms with E-state index >= 15 is 0 Å². The number of hydrogen-bond donors (Lipinski definition) is 2. The summed E-state index contributed by atoms with van der Waals surface area (Å²) in [4.78, 5) is 62.9. The van der Waals surface area contributed by atoms with Crippen LogP contribution in [0.25, 0.3) is 6.08 Å². The lowest BCUT2D eigenvalue weighted by Crippen LogP contribution is -2.60. The highest BCUT2D eigenvalue weighted by Gasteiger charge is 2.75. The second-order valence-corrected chi connectivity index (χ2v) is 11.9. The predicted octanol–water partition coefficient (Wildman–Crippen LogP) is 2.80. The first-order valence-corrected chi connectivity index (χ1v) is 13.6. The molecule has 12 heteroatoms. The fourth-order valence-corrected chi connectivity index (χ4v) is 7.65. The third kappa shape index (κ3) is 3.95. The number of alkyl halides is 2. The highest BCUT2D eigenvalue weighted by atomic mass is 35.5. The zero-order valence-electron chi connectivity index (χ0n) is 21.8. The van der Waals surface area contributed by atoms with Crippen molar-refractivity contribution in [3.8, 4) is 11.5 Å². The van der Waals surface area contributed by atoms with Gasteiger partial charge in [-0.25, -0.2) is 0 Å². The standard InChI is InChI=1S/C28H28Cl2N2O8/c1-31-25(38)27(29)13-17-15(7-8-16-22(17)24(37)32(23(16)36)11-3-4-21(34)35)18(28(27,30)26(31)39)9-5-14-6-10-19(33)20(12-14)40-2/h5-7,9-10,12,16-18,22,33H,3-4,8,11,13H2,1-2H3,(H,34,35)/t16-,17+,18-,22-,27+,28-/m0/s1. The molecule has 2 aliphatic carbocycles. The lowest BCUT2D eigenvalue weighted by molar-refractivity contribution is -0.142. The van der Waals surface area contributed by atoms with Gasteiger partial charge in [0.1, 0.15) is 0 Å². The van der Waals surface area contributed by atoms with E-state index in [1.54, 1.807) is 24.3 Å². The van der Waals surface area contributed by atoms with Crippen molar-refractivity contribution >= 4 is 58.9 Å². The van der Waals surface area contributed by atoms with Crippen LogP contribution in [0.2, 0.25) is 0 Å². The van der Waals surface area contributed by atoms with Gasteiger partial charge in [-0.1, -0.05) is 29.9 Å². The summed E-state index contributed by atoms with van der Waals surface area (Å²) in [5.41, 5.74) is 1.27. The molecule has 212 valence electrons. The number of carbonyl (C=O) groups is 5. The van der Waals surface area contributed by atoms with E-state index in [2.05, 4.69) is 0 Å². The number of halogens is 2. The molecule has 0 spiro atoms. The van der Waals surface area contributed by atoms with Crippen LogP contribution in [0.15, 0.2) is 35.9 Å². The molecule has 0 unspecified atom stereocenters. The zero-order chi connectivity index (χ0) is 29.1. The smallest absolute Gasteiger partial charge is 0.303 e. The number of ether oxygens (including phenoxy) is 1. The maximum atomic E-state index is 13.6. The molecule has 6 atom stereocenters. The van der Waals surface area contributed by atoms with E-state index in [4.69, 9.17) is 33.0 Å². The van der Waals surface area contributed by atoms with Gasteiger partial charge in [-0.2, -0.15) is 0 Å². The number of phenolic OH excluding ortho intramolecular Hbond substituents is 1. The van der Waals surface area contributed by atoms with Crippen LogP contribution in [0.1, 0.15) is 31.2 Å². The van der Waals surface area contributed by atoms with Gasteiger partial charge < -0.3 is 14.9 Å². The van der Waals surface area contributed by atoms with E-state index in [9.17, 15) is 29.1 Å². The summed E-state index contributed by atoms with van der Waals surface area (Å²) >= 11 is 14.1. The maximum Gasteiger partial charge on any atom is 0.303 e. The number of likely N-dealkylation sites (tertiary alicyclic amines) is 2. The van der Waals surface area contributed by atoms with Crippen molar-refractivity contribution in [3.63, 3.8) is 0 Å². The molecule has 2 saturated heterocycles. The lowest BCUT2D eigenvalue weighted by Gasteiger charge is -2.49. The van der Waals surface area contributed by atoms with Gasteiger partial charge in [-0.15, -0.1) is 23.2 Å². The Bertz CT molecular complexity index is 1390. The minimum absolute atomic E-state index is 0.0172. The summed E-state index contributed by atoms with van der Waals surface area (Å²) in [6, 6.07) is 4.68. The third-order valence-electron chi connectivity index (χ3n) is 8.62. The van der Waals surface area contributed by atoms with Crippen molar-refractivity contribution in [2.24, 2.45) is 23.7 Å². The molecule has 4 amide bonds. The molecular weight excluding hydrogens is 563 g/mol. The number of methoxy groups -OCH3 is 1. The Morgan fingerprint density at radius 1 is 1.15 bits per heavy atom. The van der Waals surface area contributed by atoms with Gasteiger partial charge in [-0.3, -0.25) is 33.8 Å². The van der Waals surface area contributed by atoms with E-state index in [-0.39, 0.29) is 49.6 Å². The number of imide groups is 2. The average molecular weight is 591 g/mol. The molecule has 2 heterocycles. The molecule has 10 nitrogen and oxygen atoms in total. The zero-order valence-corrected chi connectivity index (χ0v) is 23.3. The molecular formula is C28H28Cl2N2O8. The Balaban J connectivity index is 1.56. The number of aromatic hydroxyl groups is 1. The summed E-state index contributed by atoms with van der Waals surface area (Å²) in [6.07, 6.45) is 5.23. The molecule has 2 N–H and O–H groups in total. The Morgan fingerprint density at radius 3 is 2.55 bits per heavy atom. The highest BCUT2D eigenvalue weighted by molar-refractivity contribution is 6.53. The number of fused-ring (bicyclic) bond motifs is 4. The number of phenols is 1. The van der Waals surface area contributed by atoms with Crippen LogP contribution in [0.5, 0.6) is 11.5 Å². The monoisotopic (exact) mass is 590 g/mol. The Hall–Kier alpha value is -3.37. The van der Waals surface area contributed by atoms with Crippen LogP contribution in [0, 0.1) is 23.7 Å². The van der Waals surface area contributed by atoms with Gasteiger partial charge in [-0.05, 0) is 42.9 Å². The molecule has 1 saturated carbocycles. The van der Waals surface area contributed by atoms with Crippen molar-refractivity contribution in [2.75, 3.05) is 20.7 Å². The van der Waals surface area contributed by atoms with Gasteiger partial charge in [0.25, 0.3) is 11.8 Å². The van der Waals surface area contributed by atoms with Crippen LogP contribution in [-0.2, 0) is 24.0 Å². The molecule has 3 fully saturated rings. The van der Waals surface area contributed by atoms with Gasteiger partial charge in [0.2, 0.25) is 11.8 Å². The normalized spacial score (nSPS) is 33.2. The number of carboxylic acids is 1. The van der Waals surface area contributed by atoms with Crippen LogP contribution >= 0.6 is 23.2 Å². The van der Waals surface area contributed by atoms with Crippen molar-refractivity contribution in [2.45, 2.75) is 35.4 Å². The van der Waals surface area contributed by atoms with E-state index in [0.29, 0.717) is 11.1 Å². The highest BCUT2D eigenvalue weighted by Crippen LogP contribution is 2.63. The number of benzene rings is 1. The van der Waals surface area contributed by atoms with Crippen molar-refractivity contribution in [1.82, 2.24) is 9.80 Å².